The number of aliphatic hydroxyl groups is 1. The first kappa shape index (κ1) is 17.4. The highest BCUT2D eigenvalue weighted by atomic mass is 16.5. The van der Waals surface area contributed by atoms with E-state index in [-0.39, 0.29) is 12.1 Å². The van der Waals surface area contributed by atoms with E-state index in [0.717, 1.165) is 63.7 Å². The molecule has 24 heavy (non-hydrogen) atoms. The van der Waals surface area contributed by atoms with E-state index in [9.17, 15) is 5.11 Å². The second kappa shape index (κ2) is 8.62. The zero-order valence-electron chi connectivity index (χ0n) is 14.4. The molecule has 2 heterocycles. The van der Waals surface area contributed by atoms with Gasteiger partial charge in [0.15, 0.2) is 0 Å². The van der Waals surface area contributed by atoms with E-state index in [2.05, 4.69) is 28.0 Å². The molecule has 2 atom stereocenters. The van der Waals surface area contributed by atoms with Crippen molar-refractivity contribution in [1.29, 1.82) is 0 Å². The molecule has 1 N–H and O–H groups in total. The minimum absolute atomic E-state index is 0.281. The van der Waals surface area contributed by atoms with Crippen molar-refractivity contribution in [2.24, 2.45) is 0 Å². The van der Waals surface area contributed by atoms with Gasteiger partial charge in [0.2, 0.25) is 0 Å². The zero-order valence-corrected chi connectivity index (χ0v) is 14.4. The van der Waals surface area contributed by atoms with Gasteiger partial charge in [0, 0.05) is 44.3 Å². The first-order chi connectivity index (χ1) is 11.8. The minimum Gasteiger partial charge on any atom is -0.496 e. The molecular weight excluding hydrogens is 304 g/mol. The number of hydrogen-bond donors (Lipinski definition) is 1. The van der Waals surface area contributed by atoms with Crippen LogP contribution in [0.15, 0.2) is 30.3 Å². The number of likely N-dealkylation sites (tertiary alicyclic amines) is 1. The molecule has 132 valence electrons. The van der Waals surface area contributed by atoms with E-state index in [1.54, 1.807) is 7.11 Å². The smallest absolute Gasteiger partial charge is 0.126 e. The van der Waals surface area contributed by atoms with Crippen LogP contribution in [0.1, 0.15) is 12.0 Å². The van der Waals surface area contributed by atoms with Crippen LogP contribution in [0.5, 0.6) is 5.75 Å². The number of morpholine rings is 1. The van der Waals surface area contributed by atoms with Crippen LogP contribution in [0.3, 0.4) is 0 Å². The molecule has 0 bridgehead atoms. The maximum atomic E-state index is 10.5. The molecule has 5 nitrogen and oxygen atoms in total. The lowest BCUT2D eigenvalue weighted by molar-refractivity contribution is -0.0503. The number of piperidine rings is 1. The Morgan fingerprint density at radius 2 is 2.04 bits per heavy atom. The lowest BCUT2D eigenvalue weighted by atomic mass is 9.99. The molecule has 0 unspecified atom stereocenters. The summed E-state index contributed by atoms with van der Waals surface area (Å²) in [4.78, 5) is 4.70. The molecule has 2 fully saturated rings. The van der Waals surface area contributed by atoms with Gasteiger partial charge in [0.05, 0.1) is 26.4 Å². The van der Waals surface area contributed by atoms with Crippen LogP contribution in [-0.2, 0) is 4.74 Å². The van der Waals surface area contributed by atoms with E-state index in [4.69, 9.17) is 9.47 Å². The number of para-hydroxylation sites is 1. The molecule has 0 spiro atoms. The van der Waals surface area contributed by atoms with Gasteiger partial charge in [-0.15, -0.1) is 0 Å². The van der Waals surface area contributed by atoms with Crippen LogP contribution in [-0.4, -0.2) is 80.1 Å². The fourth-order valence-electron chi connectivity index (χ4n) is 3.62. The second-order valence-corrected chi connectivity index (χ2v) is 6.48. The normalized spacial score (nSPS) is 26.8. The van der Waals surface area contributed by atoms with Gasteiger partial charge in [0.25, 0.3) is 0 Å². The molecule has 1 aromatic rings. The zero-order chi connectivity index (χ0) is 16.8. The molecule has 0 saturated carbocycles. The fraction of sp³-hybridized carbons (Fsp3) is 0.579. The number of benzene rings is 1. The van der Waals surface area contributed by atoms with Crippen molar-refractivity contribution in [3.63, 3.8) is 0 Å². The van der Waals surface area contributed by atoms with Crippen molar-refractivity contribution >= 4 is 6.08 Å². The summed E-state index contributed by atoms with van der Waals surface area (Å²) in [5.74, 6) is 0.889. The maximum absolute atomic E-state index is 10.5. The van der Waals surface area contributed by atoms with Crippen LogP contribution < -0.4 is 4.74 Å². The average Bonchev–Trinajstić information content (AvgIpc) is 2.63. The molecule has 0 radical (unpaired) electrons. The van der Waals surface area contributed by atoms with Gasteiger partial charge in [-0.2, -0.15) is 0 Å². The summed E-state index contributed by atoms with van der Waals surface area (Å²) < 4.78 is 10.8. The maximum Gasteiger partial charge on any atom is 0.126 e. The molecule has 5 heteroatoms. The van der Waals surface area contributed by atoms with Crippen LogP contribution in [0.2, 0.25) is 0 Å². The molecule has 2 aliphatic heterocycles. The Balaban J connectivity index is 1.50. The van der Waals surface area contributed by atoms with Crippen molar-refractivity contribution in [2.75, 3.05) is 53.0 Å². The SMILES string of the molecule is COc1ccccc1/C=C/CN1CC[C@H](N2CCOCC2)[C@@H](O)C1. The van der Waals surface area contributed by atoms with Crippen molar-refractivity contribution in [2.45, 2.75) is 18.6 Å². The molecule has 0 amide bonds. The van der Waals surface area contributed by atoms with E-state index in [1.807, 2.05) is 18.2 Å². The number of hydrogen-bond acceptors (Lipinski definition) is 5. The number of rotatable bonds is 5. The van der Waals surface area contributed by atoms with Gasteiger partial charge in [-0.25, -0.2) is 0 Å². The van der Waals surface area contributed by atoms with Gasteiger partial charge in [-0.05, 0) is 12.5 Å². The Hall–Kier alpha value is -1.40. The minimum atomic E-state index is -0.281. The van der Waals surface area contributed by atoms with E-state index >= 15 is 0 Å². The van der Waals surface area contributed by atoms with E-state index in [0.29, 0.717) is 0 Å². The van der Waals surface area contributed by atoms with Gasteiger partial charge in [0.1, 0.15) is 5.75 Å². The average molecular weight is 332 g/mol. The monoisotopic (exact) mass is 332 g/mol. The topological polar surface area (TPSA) is 45.2 Å². The lowest BCUT2D eigenvalue weighted by Gasteiger charge is -2.42. The van der Waals surface area contributed by atoms with Gasteiger partial charge >= 0.3 is 0 Å². The summed E-state index contributed by atoms with van der Waals surface area (Å²) in [7, 11) is 1.69. The fourth-order valence-corrected chi connectivity index (χ4v) is 3.62. The third-order valence-electron chi connectivity index (χ3n) is 4.95. The van der Waals surface area contributed by atoms with E-state index < -0.39 is 0 Å². The Kier molecular flexibility index (Phi) is 6.26. The highest BCUT2D eigenvalue weighted by molar-refractivity contribution is 5.57. The number of methoxy groups -OCH3 is 1. The Morgan fingerprint density at radius 3 is 2.79 bits per heavy atom. The van der Waals surface area contributed by atoms with E-state index in [1.165, 1.54) is 0 Å². The number of nitrogens with zero attached hydrogens (tertiary/aromatic N) is 2. The summed E-state index contributed by atoms with van der Waals surface area (Å²) in [5.41, 5.74) is 1.09. The Labute approximate surface area is 144 Å². The van der Waals surface area contributed by atoms with Crippen LogP contribution in [0.25, 0.3) is 6.08 Å². The highest BCUT2D eigenvalue weighted by Crippen LogP contribution is 2.20. The van der Waals surface area contributed by atoms with Crippen molar-refractivity contribution in [3.05, 3.63) is 35.9 Å². The van der Waals surface area contributed by atoms with Gasteiger partial charge in [-0.1, -0.05) is 30.4 Å². The largest absolute Gasteiger partial charge is 0.496 e. The summed E-state index contributed by atoms with van der Waals surface area (Å²) >= 11 is 0. The summed E-state index contributed by atoms with van der Waals surface area (Å²) in [6.45, 7) is 6.06. The molecule has 0 aliphatic carbocycles. The molecule has 2 saturated heterocycles. The van der Waals surface area contributed by atoms with Crippen molar-refractivity contribution in [1.82, 2.24) is 9.80 Å². The molecule has 2 aliphatic rings. The molecule has 3 rings (SSSR count). The van der Waals surface area contributed by atoms with Crippen LogP contribution in [0, 0.1) is 0 Å². The number of ether oxygens (including phenoxy) is 2. The van der Waals surface area contributed by atoms with Crippen LogP contribution in [0.4, 0.5) is 0 Å². The predicted molar refractivity (Wildman–Crippen MR) is 95.3 cm³/mol. The summed E-state index contributed by atoms with van der Waals surface area (Å²) in [5, 5.41) is 10.5. The summed E-state index contributed by atoms with van der Waals surface area (Å²) in [6.07, 6.45) is 4.99. The third kappa shape index (κ3) is 4.36. The number of β-amino-alcohol motifs (C(OH)–C–C–N with tert-alkyl or cyclic N) is 1. The second-order valence-electron chi connectivity index (χ2n) is 6.48. The number of aliphatic hydroxyl groups excluding tert-OH is 1. The molecule has 0 aromatic heterocycles. The Morgan fingerprint density at radius 1 is 1.25 bits per heavy atom. The van der Waals surface area contributed by atoms with Gasteiger partial charge in [-0.3, -0.25) is 9.80 Å². The molecule has 1 aromatic carbocycles. The quantitative estimate of drug-likeness (QED) is 0.885. The first-order valence-electron chi connectivity index (χ1n) is 8.79. The standard InChI is InChI=1S/C19H28N2O3/c1-23-19-7-3-2-5-16(19)6-4-9-20-10-8-17(18(22)15-20)21-11-13-24-14-12-21/h2-7,17-18,22H,8-15H2,1H3/b6-4+/t17-,18-/m0/s1. The van der Waals surface area contributed by atoms with Crippen molar-refractivity contribution in [3.8, 4) is 5.75 Å². The highest BCUT2D eigenvalue weighted by Gasteiger charge is 2.32. The predicted octanol–water partition coefficient (Wildman–Crippen LogP) is 1.48. The lowest BCUT2D eigenvalue weighted by Crippen LogP contribution is -2.56. The third-order valence-corrected chi connectivity index (χ3v) is 4.95. The first-order valence-corrected chi connectivity index (χ1v) is 8.79. The molecular formula is C19H28N2O3. The van der Waals surface area contributed by atoms with Crippen molar-refractivity contribution < 1.29 is 14.6 Å². The Bertz CT molecular complexity index is 543. The summed E-state index contributed by atoms with van der Waals surface area (Å²) in [6, 6.07) is 8.29. The van der Waals surface area contributed by atoms with Crippen LogP contribution >= 0.6 is 0 Å². The van der Waals surface area contributed by atoms with Gasteiger partial charge < -0.3 is 14.6 Å².